The van der Waals surface area contributed by atoms with Crippen LogP contribution in [0.1, 0.15) is 38.7 Å². The average Bonchev–Trinajstić information content (AvgIpc) is 3.21. The first-order chi connectivity index (χ1) is 13.1. The van der Waals surface area contributed by atoms with Gasteiger partial charge in [-0.05, 0) is 48.3 Å². The molecule has 0 unspecified atom stereocenters. The number of carbonyl (C=O) groups is 2. The second-order valence-electron chi connectivity index (χ2n) is 7.35. The molecule has 0 saturated carbocycles. The summed E-state index contributed by atoms with van der Waals surface area (Å²) < 4.78 is 0. The third-order valence-electron chi connectivity index (χ3n) is 5.52. The van der Waals surface area contributed by atoms with Gasteiger partial charge in [-0.15, -0.1) is 11.3 Å². The van der Waals surface area contributed by atoms with Crippen LogP contribution in [0.25, 0.3) is 10.4 Å². The SMILES string of the molecule is CCCNC(=O)C1(Cc2ccccc2-c2cccs2)CCN(C(C)=O)CC1. The number of amides is 2. The smallest absolute Gasteiger partial charge is 0.226 e. The van der Waals surface area contributed by atoms with Crippen molar-refractivity contribution in [2.75, 3.05) is 19.6 Å². The molecule has 1 aliphatic heterocycles. The molecule has 0 bridgehead atoms. The van der Waals surface area contributed by atoms with Crippen molar-refractivity contribution < 1.29 is 9.59 Å². The topological polar surface area (TPSA) is 49.4 Å². The highest BCUT2D eigenvalue weighted by Gasteiger charge is 2.42. The molecule has 2 aromatic rings. The van der Waals surface area contributed by atoms with Crippen LogP contribution in [0.4, 0.5) is 0 Å². The van der Waals surface area contributed by atoms with Crippen molar-refractivity contribution in [3.63, 3.8) is 0 Å². The fourth-order valence-electron chi connectivity index (χ4n) is 3.87. The molecule has 144 valence electrons. The van der Waals surface area contributed by atoms with E-state index in [-0.39, 0.29) is 11.8 Å². The van der Waals surface area contributed by atoms with Crippen molar-refractivity contribution in [1.29, 1.82) is 0 Å². The molecule has 0 aliphatic carbocycles. The zero-order chi connectivity index (χ0) is 19.3. The van der Waals surface area contributed by atoms with Crippen LogP contribution in [-0.2, 0) is 16.0 Å². The maximum absolute atomic E-state index is 13.1. The number of nitrogens with zero attached hydrogens (tertiary/aromatic N) is 1. The summed E-state index contributed by atoms with van der Waals surface area (Å²) in [5.41, 5.74) is 1.97. The molecule has 4 nitrogen and oxygen atoms in total. The number of benzene rings is 1. The number of piperidine rings is 1. The zero-order valence-corrected chi connectivity index (χ0v) is 17.0. The minimum absolute atomic E-state index is 0.0940. The monoisotopic (exact) mass is 384 g/mol. The van der Waals surface area contributed by atoms with Crippen LogP contribution in [0.2, 0.25) is 0 Å². The first-order valence-corrected chi connectivity index (χ1v) is 10.6. The van der Waals surface area contributed by atoms with Gasteiger partial charge in [-0.1, -0.05) is 37.3 Å². The van der Waals surface area contributed by atoms with E-state index in [9.17, 15) is 9.59 Å². The fourth-order valence-corrected chi connectivity index (χ4v) is 4.66. The largest absolute Gasteiger partial charge is 0.356 e. The van der Waals surface area contributed by atoms with Gasteiger partial charge in [0.25, 0.3) is 0 Å². The van der Waals surface area contributed by atoms with Gasteiger partial charge >= 0.3 is 0 Å². The van der Waals surface area contributed by atoms with Crippen molar-refractivity contribution >= 4 is 23.2 Å². The maximum atomic E-state index is 13.1. The molecule has 1 fully saturated rings. The minimum atomic E-state index is -0.450. The number of hydrogen-bond acceptors (Lipinski definition) is 3. The van der Waals surface area contributed by atoms with Crippen LogP contribution in [0.5, 0.6) is 0 Å². The van der Waals surface area contributed by atoms with Crippen LogP contribution in [0.3, 0.4) is 0 Å². The van der Waals surface area contributed by atoms with E-state index in [0.29, 0.717) is 38.9 Å². The van der Waals surface area contributed by atoms with E-state index in [0.717, 1.165) is 6.42 Å². The molecule has 1 aliphatic rings. The van der Waals surface area contributed by atoms with Crippen molar-refractivity contribution in [2.24, 2.45) is 5.41 Å². The summed E-state index contributed by atoms with van der Waals surface area (Å²) in [4.78, 5) is 28.0. The lowest BCUT2D eigenvalue weighted by Gasteiger charge is -2.41. The van der Waals surface area contributed by atoms with Crippen molar-refractivity contribution in [3.05, 3.63) is 47.3 Å². The zero-order valence-electron chi connectivity index (χ0n) is 16.2. The predicted octanol–water partition coefficient (Wildman–Crippen LogP) is 4.11. The van der Waals surface area contributed by atoms with Gasteiger partial charge in [0.2, 0.25) is 11.8 Å². The Balaban J connectivity index is 1.89. The van der Waals surface area contributed by atoms with Crippen molar-refractivity contribution in [3.8, 4) is 10.4 Å². The molecule has 3 rings (SSSR count). The van der Waals surface area contributed by atoms with Crippen molar-refractivity contribution in [2.45, 2.75) is 39.5 Å². The summed E-state index contributed by atoms with van der Waals surface area (Å²) in [5.74, 6) is 0.227. The van der Waals surface area contributed by atoms with E-state index in [1.54, 1.807) is 18.3 Å². The van der Waals surface area contributed by atoms with E-state index < -0.39 is 5.41 Å². The maximum Gasteiger partial charge on any atom is 0.226 e. The summed E-state index contributed by atoms with van der Waals surface area (Å²) in [6.07, 6.45) is 3.05. The number of hydrogen-bond donors (Lipinski definition) is 1. The summed E-state index contributed by atoms with van der Waals surface area (Å²) >= 11 is 1.72. The molecule has 1 aromatic heterocycles. The molecule has 27 heavy (non-hydrogen) atoms. The summed E-state index contributed by atoms with van der Waals surface area (Å²) in [5, 5.41) is 5.21. The molecule has 2 heterocycles. The predicted molar refractivity (Wildman–Crippen MR) is 111 cm³/mol. The number of nitrogens with one attached hydrogen (secondary N) is 1. The second-order valence-corrected chi connectivity index (χ2v) is 8.30. The lowest BCUT2D eigenvalue weighted by molar-refractivity contribution is -0.139. The Bertz CT molecular complexity index is 777. The molecule has 0 atom stereocenters. The average molecular weight is 385 g/mol. The summed E-state index contributed by atoms with van der Waals surface area (Å²) in [6, 6.07) is 12.6. The normalized spacial score (nSPS) is 16.1. The van der Waals surface area contributed by atoms with Gasteiger partial charge in [-0.3, -0.25) is 9.59 Å². The van der Waals surface area contributed by atoms with Gasteiger partial charge in [-0.2, -0.15) is 0 Å². The van der Waals surface area contributed by atoms with E-state index in [1.165, 1.54) is 16.0 Å². The van der Waals surface area contributed by atoms with Crippen LogP contribution >= 0.6 is 11.3 Å². The highest BCUT2D eigenvalue weighted by Crippen LogP contribution is 2.39. The van der Waals surface area contributed by atoms with Crippen LogP contribution in [0.15, 0.2) is 41.8 Å². The minimum Gasteiger partial charge on any atom is -0.356 e. The lowest BCUT2D eigenvalue weighted by atomic mass is 9.72. The Morgan fingerprint density at radius 3 is 2.52 bits per heavy atom. The third kappa shape index (κ3) is 4.41. The van der Waals surface area contributed by atoms with Crippen LogP contribution in [-0.4, -0.2) is 36.3 Å². The van der Waals surface area contributed by atoms with Crippen LogP contribution < -0.4 is 5.32 Å². The van der Waals surface area contributed by atoms with Gasteiger partial charge in [-0.25, -0.2) is 0 Å². The molecule has 5 heteroatoms. The Morgan fingerprint density at radius 1 is 1.15 bits per heavy atom. The molecule has 2 amide bonds. The van der Waals surface area contributed by atoms with Gasteiger partial charge in [0.15, 0.2) is 0 Å². The van der Waals surface area contributed by atoms with Gasteiger partial charge in [0.1, 0.15) is 0 Å². The fraction of sp³-hybridized carbons (Fsp3) is 0.455. The van der Waals surface area contributed by atoms with E-state index in [1.807, 2.05) is 4.90 Å². The lowest BCUT2D eigenvalue weighted by Crippen LogP contribution is -2.51. The third-order valence-corrected chi connectivity index (χ3v) is 6.42. The highest BCUT2D eigenvalue weighted by molar-refractivity contribution is 7.13. The van der Waals surface area contributed by atoms with Crippen molar-refractivity contribution in [1.82, 2.24) is 10.2 Å². The molecule has 1 N–H and O–H groups in total. The van der Waals surface area contributed by atoms with E-state index in [2.05, 4.69) is 54.0 Å². The molecule has 1 aromatic carbocycles. The summed E-state index contributed by atoms with van der Waals surface area (Å²) in [6.45, 7) is 5.67. The molecule has 1 saturated heterocycles. The summed E-state index contributed by atoms with van der Waals surface area (Å²) in [7, 11) is 0. The van der Waals surface area contributed by atoms with E-state index in [4.69, 9.17) is 0 Å². The number of rotatable bonds is 6. The van der Waals surface area contributed by atoms with Crippen LogP contribution in [0, 0.1) is 5.41 Å². The highest BCUT2D eigenvalue weighted by atomic mass is 32.1. The molecule has 0 radical (unpaired) electrons. The van der Waals surface area contributed by atoms with Gasteiger partial charge in [0.05, 0.1) is 5.41 Å². The molecular formula is C22H28N2O2S. The Kier molecular flexibility index (Phi) is 6.32. The number of thiophene rings is 1. The first kappa shape index (κ1) is 19.6. The number of carbonyl (C=O) groups excluding carboxylic acids is 2. The second kappa shape index (κ2) is 8.70. The first-order valence-electron chi connectivity index (χ1n) is 9.71. The van der Waals surface area contributed by atoms with Gasteiger partial charge in [0, 0.05) is 31.4 Å². The quantitative estimate of drug-likeness (QED) is 0.815. The standard InChI is InChI=1S/C22H28N2O2S/c1-3-12-23-21(26)22(10-13-24(14-11-22)17(2)25)16-18-7-4-5-8-19(18)20-9-6-15-27-20/h4-9,15H,3,10-14,16H2,1-2H3,(H,23,26). The molecule has 0 spiro atoms. The Labute approximate surface area is 165 Å². The Morgan fingerprint density at radius 2 is 1.89 bits per heavy atom. The number of likely N-dealkylation sites (tertiary alicyclic amines) is 1. The molecular weight excluding hydrogens is 356 g/mol. The van der Waals surface area contributed by atoms with E-state index >= 15 is 0 Å². The Hall–Kier alpha value is -2.14. The van der Waals surface area contributed by atoms with Gasteiger partial charge < -0.3 is 10.2 Å².